The Morgan fingerprint density at radius 3 is 2.38 bits per heavy atom. The SMILES string of the molecule is CC(=O)NCCCCCC(=O)NCCc1ccc(F)cc1. The summed E-state index contributed by atoms with van der Waals surface area (Å²) in [6.07, 6.45) is 3.84. The molecule has 0 fully saturated rings. The molecule has 0 aliphatic heterocycles. The Morgan fingerprint density at radius 1 is 1.00 bits per heavy atom. The van der Waals surface area contributed by atoms with Gasteiger partial charge in [-0.15, -0.1) is 0 Å². The number of amides is 2. The second-order valence-electron chi connectivity index (χ2n) is 5.02. The zero-order valence-corrected chi connectivity index (χ0v) is 12.5. The third-order valence-corrected chi connectivity index (χ3v) is 3.10. The van der Waals surface area contributed by atoms with Crippen LogP contribution in [-0.4, -0.2) is 24.9 Å². The number of carbonyl (C=O) groups excluding carboxylic acids is 2. The van der Waals surface area contributed by atoms with Gasteiger partial charge in [-0.3, -0.25) is 9.59 Å². The number of unbranched alkanes of at least 4 members (excludes halogenated alkanes) is 2. The average molecular weight is 294 g/mol. The molecule has 2 amide bonds. The molecule has 0 aromatic heterocycles. The number of carbonyl (C=O) groups is 2. The van der Waals surface area contributed by atoms with Crippen LogP contribution in [0.25, 0.3) is 0 Å². The summed E-state index contributed by atoms with van der Waals surface area (Å²) in [6.45, 7) is 2.73. The lowest BCUT2D eigenvalue weighted by Gasteiger charge is -2.06. The van der Waals surface area contributed by atoms with Crippen molar-refractivity contribution < 1.29 is 14.0 Å². The lowest BCUT2D eigenvalue weighted by atomic mass is 10.1. The van der Waals surface area contributed by atoms with Gasteiger partial charge < -0.3 is 10.6 Å². The first-order valence-electron chi connectivity index (χ1n) is 7.33. The summed E-state index contributed by atoms with van der Waals surface area (Å²) in [5, 5.41) is 5.58. The zero-order chi connectivity index (χ0) is 15.5. The third-order valence-electron chi connectivity index (χ3n) is 3.10. The van der Waals surface area contributed by atoms with E-state index in [9.17, 15) is 14.0 Å². The van der Waals surface area contributed by atoms with E-state index >= 15 is 0 Å². The van der Waals surface area contributed by atoms with Crippen LogP contribution in [0.5, 0.6) is 0 Å². The maximum Gasteiger partial charge on any atom is 0.220 e. The van der Waals surface area contributed by atoms with Crippen LogP contribution in [0.15, 0.2) is 24.3 Å². The standard InChI is InChI=1S/C16H23FN2O2/c1-13(20)18-11-4-2-3-5-16(21)19-12-10-14-6-8-15(17)9-7-14/h6-9H,2-5,10-12H2,1H3,(H,18,20)(H,19,21). The number of hydrogen-bond donors (Lipinski definition) is 2. The fourth-order valence-corrected chi connectivity index (χ4v) is 1.94. The molecule has 0 heterocycles. The number of rotatable bonds is 9. The highest BCUT2D eigenvalue weighted by Crippen LogP contribution is 2.03. The van der Waals surface area contributed by atoms with E-state index in [1.807, 2.05) is 0 Å². The van der Waals surface area contributed by atoms with E-state index in [0.717, 1.165) is 24.8 Å². The molecule has 0 saturated heterocycles. The maximum atomic E-state index is 12.7. The monoisotopic (exact) mass is 294 g/mol. The van der Waals surface area contributed by atoms with Gasteiger partial charge in [0.05, 0.1) is 0 Å². The Bertz CT molecular complexity index is 446. The minimum atomic E-state index is -0.248. The van der Waals surface area contributed by atoms with Gasteiger partial charge in [-0.25, -0.2) is 4.39 Å². The smallest absolute Gasteiger partial charge is 0.220 e. The van der Waals surface area contributed by atoms with Crippen LogP contribution in [0.4, 0.5) is 4.39 Å². The molecule has 0 aliphatic rings. The van der Waals surface area contributed by atoms with Crippen molar-refractivity contribution in [1.82, 2.24) is 10.6 Å². The van der Waals surface area contributed by atoms with Crippen molar-refractivity contribution in [3.63, 3.8) is 0 Å². The van der Waals surface area contributed by atoms with Crippen LogP contribution in [0, 0.1) is 5.82 Å². The Kier molecular flexibility index (Phi) is 8.09. The molecule has 116 valence electrons. The molecule has 21 heavy (non-hydrogen) atoms. The lowest BCUT2D eigenvalue weighted by molar-refractivity contribution is -0.121. The number of halogens is 1. The molecule has 0 bridgehead atoms. The van der Waals surface area contributed by atoms with Crippen molar-refractivity contribution in [2.24, 2.45) is 0 Å². The van der Waals surface area contributed by atoms with Crippen LogP contribution in [0.1, 0.15) is 38.2 Å². The predicted molar refractivity (Wildman–Crippen MR) is 80.3 cm³/mol. The van der Waals surface area contributed by atoms with Gasteiger partial charge in [0.1, 0.15) is 5.82 Å². The van der Waals surface area contributed by atoms with Crippen molar-refractivity contribution >= 4 is 11.8 Å². The highest BCUT2D eigenvalue weighted by molar-refractivity contribution is 5.75. The van der Waals surface area contributed by atoms with E-state index in [1.165, 1.54) is 19.1 Å². The quantitative estimate of drug-likeness (QED) is 0.686. The summed E-state index contributed by atoms with van der Waals surface area (Å²) in [7, 11) is 0. The van der Waals surface area contributed by atoms with Crippen LogP contribution >= 0.6 is 0 Å². The predicted octanol–water partition coefficient (Wildman–Crippen LogP) is 2.18. The summed E-state index contributed by atoms with van der Waals surface area (Å²) < 4.78 is 12.7. The van der Waals surface area contributed by atoms with Gasteiger partial charge in [-0.2, -0.15) is 0 Å². The van der Waals surface area contributed by atoms with Crippen molar-refractivity contribution in [3.05, 3.63) is 35.6 Å². The molecular weight excluding hydrogens is 271 g/mol. The van der Waals surface area contributed by atoms with E-state index in [2.05, 4.69) is 10.6 Å². The molecule has 0 spiro atoms. The first-order chi connectivity index (χ1) is 10.1. The van der Waals surface area contributed by atoms with E-state index in [0.29, 0.717) is 25.9 Å². The van der Waals surface area contributed by atoms with Gasteiger partial charge in [0.2, 0.25) is 11.8 Å². The van der Waals surface area contributed by atoms with Gasteiger partial charge in [0.15, 0.2) is 0 Å². The van der Waals surface area contributed by atoms with Gasteiger partial charge >= 0.3 is 0 Å². The molecule has 4 nitrogen and oxygen atoms in total. The molecule has 1 aromatic rings. The molecular formula is C16H23FN2O2. The van der Waals surface area contributed by atoms with Crippen LogP contribution < -0.4 is 10.6 Å². The Balaban J connectivity index is 2.01. The fraction of sp³-hybridized carbons (Fsp3) is 0.500. The Hall–Kier alpha value is -1.91. The summed E-state index contributed by atoms with van der Waals surface area (Å²) in [4.78, 5) is 22.2. The van der Waals surface area contributed by atoms with Gasteiger partial charge in [-0.1, -0.05) is 18.6 Å². The molecule has 2 N–H and O–H groups in total. The summed E-state index contributed by atoms with van der Waals surface area (Å²) in [5.74, 6) is -0.229. The summed E-state index contributed by atoms with van der Waals surface area (Å²) in [5.41, 5.74) is 1.01. The Morgan fingerprint density at radius 2 is 1.71 bits per heavy atom. The number of benzene rings is 1. The van der Waals surface area contributed by atoms with E-state index < -0.39 is 0 Å². The first kappa shape index (κ1) is 17.1. The lowest BCUT2D eigenvalue weighted by Crippen LogP contribution is -2.25. The van der Waals surface area contributed by atoms with Crippen molar-refractivity contribution in [2.75, 3.05) is 13.1 Å². The molecule has 0 saturated carbocycles. The van der Waals surface area contributed by atoms with Crippen LogP contribution in [-0.2, 0) is 16.0 Å². The maximum absolute atomic E-state index is 12.7. The highest BCUT2D eigenvalue weighted by Gasteiger charge is 2.01. The zero-order valence-electron chi connectivity index (χ0n) is 12.5. The average Bonchev–Trinajstić information content (AvgIpc) is 2.44. The van der Waals surface area contributed by atoms with Crippen LogP contribution in [0.2, 0.25) is 0 Å². The summed E-state index contributed by atoms with van der Waals surface area (Å²) in [6, 6.07) is 6.30. The largest absolute Gasteiger partial charge is 0.356 e. The number of hydrogen-bond acceptors (Lipinski definition) is 2. The minimum Gasteiger partial charge on any atom is -0.356 e. The fourth-order valence-electron chi connectivity index (χ4n) is 1.94. The normalized spacial score (nSPS) is 10.2. The molecule has 0 unspecified atom stereocenters. The Labute approximate surface area is 125 Å². The van der Waals surface area contributed by atoms with Crippen molar-refractivity contribution in [2.45, 2.75) is 39.0 Å². The van der Waals surface area contributed by atoms with Crippen molar-refractivity contribution in [1.29, 1.82) is 0 Å². The molecule has 0 aliphatic carbocycles. The second-order valence-corrected chi connectivity index (χ2v) is 5.02. The van der Waals surface area contributed by atoms with Crippen LogP contribution in [0.3, 0.4) is 0 Å². The van der Waals surface area contributed by atoms with Gasteiger partial charge in [0.25, 0.3) is 0 Å². The molecule has 0 atom stereocenters. The van der Waals surface area contributed by atoms with E-state index in [4.69, 9.17) is 0 Å². The minimum absolute atomic E-state index is 0.0199. The van der Waals surface area contributed by atoms with Gasteiger partial charge in [-0.05, 0) is 37.0 Å². The van der Waals surface area contributed by atoms with E-state index in [-0.39, 0.29) is 17.6 Å². The molecule has 5 heteroatoms. The second kappa shape index (κ2) is 9.91. The highest BCUT2D eigenvalue weighted by atomic mass is 19.1. The first-order valence-corrected chi connectivity index (χ1v) is 7.33. The molecule has 1 aromatic carbocycles. The number of nitrogens with one attached hydrogen (secondary N) is 2. The van der Waals surface area contributed by atoms with E-state index in [1.54, 1.807) is 12.1 Å². The van der Waals surface area contributed by atoms with Crippen molar-refractivity contribution in [3.8, 4) is 0 Å². The molecule has 1 rings (SSSR count). The van der Waals surface area contributed by atoms with Gasteiger partial charge in [0, 0.05) is 26.4 Å². The topological polar surface area (TPSA) is 58.2 Å². The molecule has 0 radical (unpaired) electrons. The summed E-state index contributed by atoms with van der Waals surface area (Å²) >= 11 is 0. The third kappa shape index (κ3) is 8.78.